The maximum absolute atomic E-state index is 12.6. The Bertz CT molecular complexity index is 733. The largest absolute Gasteiger partial charge is 0.381 e. The number of rotatable bonds is 11. The Morgan fingerprint density at radius 3 is 2.43 bits per heavy atom. The summed E-state index contributed by atoms with van der Waals surface area (Å²) in [5.74, 6) is 1.31. The van der Waals surface area contributed by atoms with Crippen LogP contribution in [0.5, 0.6) is 0 Å². The highest BCUT2D eigenvalue weighted by molar-refractivity contribution is 14.0. The zero-order valence-corrected chi connectivity index (χ0v) is 21.5. The van der Waals surface area contributed by atoms with Gasteiger partial charge in [0.25, 0.3) is 0 Å². The van der Waals surface area contributed by atoms with Gasteiger partial charge in [0, 0.05) is 39.4 Å². The van der Waals surface area contributed by atoms with Crippen LogP contribution in [0.25, 0.3) is 0 Å². The second kappa shape index (κ2) is 14.2. The second-order valence-electron chi connectivity index (χ2n) is 7.70. The monoisotopic (exact) mass is 552 g/mol. The van der Waals surface area contributed by atoms with Crippen LogP contribution in [0.4, 0.5) is 0 Å². The summed E-state index contributed by atoms with van der Waals surface area (Å²) in [5.41, 5.74) is 0.975. The highest BCUT2D eigenvalue weighted by Crippen LogP contribution is 2.21. The molecule has 1 heterocycles. The van der Waals surface area contributed by atoms with E-state index in [1.54, 1.807) is 16.4 Å². The van der Waals surface area contributed by atoms with Crippen molar-refractivity contribution < 1.29 is 13.2 Å². The molecule has 1 fully saturated rings. The van der Waals surface area contributed by atoms with Crippen molar-refractivity contribution in [3.8, 4) is 0 Å². The van der Waals surface area contributed by atoms with Gasteiger partial charge in [-0.05, 0) is 49.8 Å². The molecule has 7 nitrogen and oxygen atoms in total. The summed E-state index contributed by atoms with van der Waals surface area (Å²) >= 11 is 0. The van der Waals surface area contributed by atoms with Crippen LogP contribution in [0.2, 0.25) is 0 Å². The smallest absolute Gasteiger partial charge is 0.243 e. The van der Waals surface area contributed by atoms with E-state index in [4.69, 9.17) is 4.74 Å². The van der Waals surface area contributed by atoms with Gasteiger partial charge in [-0.1, -0.05) is 26.0 Å². The number of guanidine groups is 1. The van der Waals surface area contributed by atoms with Crippen molar-refractivity contribution in [2.75, 3.05) is 39.4 Å². The Morgan fingerprint density at radius 2 is 1.83 bits per heavy atom. The highest BCUT2D eigenvalue weighted by Gasteiger charge is 2.26. The first-order valence-corrected chi connectivity index (χ1v) is 12.1. The number of hydrogen-bond acceptors (Lipinski definition) is 4. The number of nitrogens with zero attached hydrogens (tertiary/aromatic N) is 2. The Morgan fingerprint density at radius 1 is 1.17 bits per heavy atom. The molecular weight excluding hydrogens is 515 g/mol. The summed E-state index contributed by atoms with van der Waals surface area (Å²) in [6, 6.07) is 7.06. The molecule has 0 amide bonds. The van der Waals surface area contributed by atoms with Gasteiger partial charge in [0.05, 0.1) is 11.4 Å². The van der Waals surface area contributed by atoms with Crippen LogP contribution in [0, 0.1) is 5.92 Å². The Labute approximate surface area is 199 Å². The number of sulfonamides is 1. The molecule has 1 saturated heterocycles. The maximum Gasteiger partial charge on any atom is 0.243 e. The number of ether oxygens (including phenoxy) is 1. The van der Waals surface area contributed by atoms with Gasteiger partial charge in [-0.2, -0.15) is 4.31 Å². The highest BCUT2D eigenvalue weighted by atomic mass is 127. The molecule has 30 heavy (non-hydrogen) atoms. The molecule has 1 aromatic carbocycles. The van der Waals surface area contributed by atoms with E-state index < -0.39 is 10.0 Å². The SMILES string of the molecule is CCNC(=NCc1ccc(S(=O)(=O)N2CCCC2)cc1)NCCCOCC(C)C.I. The van der Waals surface area contributed by atoms with E-state index in [0.29, 0.717) is 30.4 Å². The van der Waals surface area contributed by atoms with Gasteiger partial charge in [0.2, 0.25) is 10.0 Å². The topological polar surface area (TPSA) is 83.0 Å². The van der Waals surface area contributed by atoms with Crippen molar-refractivity contribution in [2.45, 2.75) is 51.5 Å². The van der Waals surface area contributed by atoms with E-state index in [1.165, 1.54) is 0 Å². The predicted molar refractivity (Wildman–Crippen MR) is 133 cm³/mol. The number of benzene rings is 1. The van der Waals surface area contributed by atoms with Gasteiger partial charge in [-0.15, -0.1) is 24.0 Å². The van der Waals surface area contributed by atoms with E-state index in [9.17, 15) is 8.42 Å². The van der Waals surface area contributed by atoms with Crippen molar-refractivity contribution in [2.24, 2.45) is 10.9 Å². The van der Waals surface area contributed by atoms with Crippen molar-refractivity contribution in [3.63, 3.8) is 0 Å². The Balaban J connectivity index is 0.00000450. The van der Waals surface area contributed by atoms with Gasteiger partial charge in [-0.3, -0.25) is 0 Å². The van der Waals surface area contributed by atoms with Crippen LogP contribution < -0.4 is 10.6 Å². The van der Waals surface area contributed by atoms with E-state index in [1.807, 2.05) is 19.1 Å². The van der Waals surface area contributed by atoms with Gasteiger partial charge in [-0.25, -0.2) is 13.4 Å². The molecule has 0 saturated carbocycles. The van der Waals surface area contributed by atoms with Crippen LogP contribution in [-0.4, -0.2) is 58.1 Å². The normalized spacial score (nSPS) is 15.3. The van der Waals surface area contributed by atoms with E-state index in [0.717, 1.165) is 57.1 Å². The average Bonchev–Trinajstić information content (AvgIpc) is 3.24. The van der Waals surface area contributed by atoms with Crippen molar-refractivity contribution in [1.82, 2.24) is 14.9 Å². The molecule has 0 aromatic heterocycles. The van der Waals surface area contributed by atoms with E-state index in [2.05, 4.69) is 29.5 Å². The number of hydrogen-bond donors (Lipinski definition) is 2. The summed E-state index contributed by atoms with van der Waals surface area (Å²) < 4.78 is 32.3. The fourth-order valence-corrected chi connectivity index (χ4v) is 4.57. The first kappa shape index (κ1) is 27.1. The third-order valence-corrected chi connectivity index (χ3v) is 6.51. The predicted octanol–water partition coefficient (Wildman–Crippen LogP) is 3.21. The third-order valence-electron chi connectivity index (χ3n) is 4.60. The summed E-state index contributed by atoms with van der Waals surface area (Å²) in [4.78, 5) is 4.95. The number of nitrogens with one attached hydrogen (secondary N) is 2. The van der Waals surface area contributed by atoms with Gasteiger partial charge < -0.3 is 15.4 Å². The van der Waals surface area contributed by atoms with Crippen LogP contribution >= 0.6 is 24.0 Å². The lowest BCUT2D eigenvalue weighted by atomic mass is 10.2. The molecule has 9 heteroatoms. The van der Waals surface area contributed by atoms with Crippen LogP contribution in [0.3, 0.4) is 0 Å². The minimum absolute atomic E-state index is 0. The molecule has 172 valence electrons. The molecule has 1 aliphatic rings. The second-order valence-corrected chi connectivity index (χ2v) is 9.64. The molecule has 0 radical (unpaired) electrons. The Kier molecular flexibility index (Phi) is 12.8. The lowest BCUT2D eigenvalue weighted by molar-refractivity contribution is 0.108. The minimum Gasteiger partial charge on any atom is -0.381 e. The Hall–Kier alpha value is -0.910. The van der Waals surface area contributed by atoms with E-state index in [-0.39, 0.29) is 24.0 Å². The summed E-state index contributed by atoms with van der Waals surface area (Å²) in [5, 5.41) is 6.54. The zero-order chi connectivity index (χ0) is 21.1. The minimum atomic E-state index is -3.36. The fourth-order valence-electron chi connectivity index (χ4n) is 3.06. The average molecular weight is 553 g/mol. The first-order valence-electron chi connectivity index (χ1n) is 10.6. The van der Waals surface area contributed by atoms with Gasteiger partial charge in [0.15, 0.2) is 5.96 Å². The molecule has 1 aliphatic heterocycles. The molecule has 0 bridgehead atoms. The molecule has 2 N–H and O–H groups in total. The number of aliphatic imine (C=N–C) groups is 1. The van der Waals surface area contributed by atoms with Crippen LogP contribution in [-0.2, 0) is 21.3 Å². The van der Waals surface area contributed by atoms with Gasteiger partial charge in [0.1, 0.15) is 0 Å². The van der Waals surface area contributed by atoms with Crippen molar-refractivity contribution >= 4 is 40.0 Å². The third kappa shape index (κ3) is 9.07. The molecule has 0 atom stereocenters. The van der Waals surface area contributed by atoms with Crippen LogP contribution in [0.15, 0.2) is 34.2 Å². The summed E-state index contributed by atoms with van der Waals surface area (Å²) in [6.45, 7) is 11.1. The van der Waals surface area contributed by atoms with Gasteiger partial charge >= 0.3 is 0 Å². The number of halogens is 1. The quantitative estimate of drug-likeness (QED) is 0.191. The van der Waals surface area contributed by atoms with Crippen molar-refractivity contribution in [1.29, 1.82) is 0 Å². The summed E-state index contributed by atoms with van der Waals surface area (Å²) in [7, 11) is -3.36. The molecule has 0 unspecified atom stereocenters. The molecule has 0 spiro atoms. The molecular formula is C21H37IN4O3S. The van der Waals surface area contributed by atoms with Crippen molar-refractivity contribution in [3.05, 3.63) is 29.8 Å². The standard InChI is InChI=1S/C21H36N4O3S.HI/c1-4-22-21(23-12-7-15-28-17-18(2)3)24-16-19-8-10-20(11-9-19)29(26,27)25-13-5-6-14-25;/h8-11,18H,4-7,12-17H2,1-3H3,(H2,22,23,24);1H. The molecule has 2 rings (SSSR count). The summed E-state index contributed by atoms with van der Waals surface area (Å²) in [6.07, 6.45) is 2.80. The molecule has 1 aromatic rings. The molecule has 0 aliphatic carbocycles. The zero-order valence-electron chi connectivity index (χ0n) is 18.4. The van der Waals surface area contributed by atoms with E-state index >= 15 is 0 Å². The maximum atomic E-state index is 12.6. The van der Waals surface area contributed by atoms with Crippen LogP contribution in [0.1, 0.15) is 45.6 Å². The lowest BCUT2D eigenvalue weighted by Gasteiger charge is -2.15. The lowest BCUT2D eigenvalue weighted by Crippen LogP contribution is -2.38. The first-order chi connectivity index (χ1) is 13.9. The fraction of sp³-hybridized carbons (Fsp3) is 0.667.